The highest BCUT2D eigenvalue weighted by Crippen LogP contribution is 2.25. The zero-order chi connectivity index (χ0) is 19.4. The van der Waals surface area contributed by atoms with E-state index in [1.165, 1.54) is 5.56 Å². The number of benzene rings is 1. The largest absolute Gasteiger partial charge is 0.353 e. The Morgan fingerprint density at radius 1 is 1.07 bits per heavy atom. The van der Waals surface area contributed by atoms with Crippen LogP contribution in [-0.2, 0) is 11.2 Å². The van der Waals surface area contributed by atoms with Crippen LogP contribution in [0.1, 0.15) is 42.4 Å². The summed E-state index contributed by atoms with van der Waals surface area (Å²) in [6.07, 6.45) is 2.30. The molecule has 0 atom stereocenters. The van der Waals surface area contributed by atoms with Gasteiger partial charge in [0.05, 0.1) is 0 Å². The van der Waals surface area contributed by atoms with Crippen LogP contribution >= 0.6 is 11.6 Å². The molecule has 1 fully saturated rings. The number of halogens is 1. The molecule has 27 heavy (non-hydrogen) atoms. The van der Waals surface area contributed by atoms with Gasteiger partial charge in [-0.3, -0.25) is 4.79 Å². The van der Waals surface area contributed by atoms with Crippen LogP contribution in [0, 0.1) is 13.8 Å². The summed E-state index contributed by atoms with van der Waals surface area (Å²) in [6, 6.07) is 7.93. The van der Waals surface area contributed by atoms with Crippen LogP contribution in [0.15, 0.2) is 24.3 Å². The Balaban J connectivity index is 1.81. The molecule has 1 aliphatic rings. The summed E-state index contributed by atoms with van der Waals surface area (Å²) in [5, 5.41) is 0.740. The van der Waals surface area contributed by atoms with Gasteiger partial charge in [-0.15, -0.1) is 0 Å². The first-order valence-corrected chi connectivity index (χ1v) is 9.97. The molecule has 0 radical (unpaired) electrons. The molecule has 0 unspecified atom stereocenters. The first-order chi connectivity index (χ1) is 13.0. The quantitative estimate of drug-likeness (QED) is 0.784. The lowest BCUT2D eigenvalue weighted by Gasteiger charge is -2.36. The minimum atomic E-state index is 0.258. The zero-order valence-electron chi connectivity index (χ0n) is 16.3. The number of hydrogen-bond acceptors (Lipinski definition) is 4. The van der Waals surface area contributed by atoms with Crippen molar-refractivity contribution in [1.29, 1.82) is 0 Å². The second-order valence-corrected chi connectivity index (χ2v) is 7.52. The number of hydrogen-bond donors (Lipinski definition) is 0. The number of rotatable bonds is 5. The Kier molecular flexibility index (Phi) is 6.32. The smallest absolute Gasteiger partial charge is 0.222 e. The highest BCUT2D eigenvalue weighted by Gasteiger charge is 2.24. The van der Waals surface area contributed by atoms with Gasteiger partial charge in [-0.25, -0.2) is 9.97 Å². The molecule has 0 bridgehead atoms. The minimum absolute atomic E-state index is 0.258. The molecule has 144 valence electrons. The average molecular weight is 387 g/mol. The Labute approximate surface area is 166 Å². The van der Waals surface area contributed by atoms with Crippen molar-refractivity contribution in [3.63, 3.8) is 0 Å². The third kappa shape index (κ3) is 4.78. The third-order valence-corrected chi connectivity index (χ3v) is 5.25. The van der Waals surface area contributed by atoms with Crippen LogP contribution in [0.3, 0.4) is 0 Å². The van der Waals surface area contributed by atoms with Gasteiger partial charge in [-0.2, -0.15) is 0 Å². The maximum absolute atomic E-state index is 12.2. The van der Waals surface area contributed by atoms with E-state index in [1.54, 1.807) is 0 Å². The van der Waals surface area contributed by atoms with Crippen molar-refractivity contribution in [3.05, 3.63) is 51.9 Å². The van der Waals surface area contributed by atoms with E-state index in [1.807, 2.05) is 49.9 Å². The van der Waals surface area contributed by atoms with Gasteiger partial charge in [0.1, 0.15) is 11.6 Å². The molecule has 5 nitrogen and oxygen atoms in total. The van der Waals surface area contributed by atoms with E-state index in [0.29, 0.717) is 6.42 Å². The Morgan fingerprint density at radius 2 is 1.74 bits per heavy atom. The summed E-state index contributed by atoms with van der Waals surface area (Å²) < 4.78 is 0. The molecule has 1 aromatic heterocycles. The minimum Gasteiger partial charge on any atom is -0.353 e. The SMILES string of the molecule is CCCC(=O)N1CCN(c2nc(C)nc(C)c2Cc2ccc(Cl)cc2)CC1. The van der Waals surface area contributed by atoms with Crippen LogP contribution in [0.25, 0.3) is 0 Å². The number of nitrogens with zero attached hydrogens (tertiary/aromatic N) is 4. The lowest BCUT2D eigenvalue weighted by atomic mass is 10.0. The standard InChI is InChI=1S/C21H27ClN4O/c1-4-5-20(27)25-10-12-26(13-11-25)21-19(15(2)23-16(3)24-21)14-17-6-8-18(22)9-7-17/h6-9H,4-5,10-14H2,1-3H3. The van der Waals surface area contributed by atoms with Crippen LogP contribution in [0.4, 0.5) is 5.82 Å². The lowest BCUT2D eigenvalue weighted by Crippen LogP contribution is -2.49. The second kappa shape index (κ2) is 8.70. The van der Waals surface area contributed by atoms with E-state index in [0.717, 1.165) is 66.9 Å². The van der Waals surface area contributed by atoms with Gasteiger partial charge < -0.3 is 9.80 Å². The third-order valence-electron chi connectivity index (χ3n) is 4.99. The molecule has 1 aromatic carbocycles. The summed E-state index contributed by atoms with van der Waals surface area (Å²) in [5.74, 6) is 2.04. The van der Waals surface area contributed by atoms with Crippen molar-refractivity contribution in [2.75, 3.05) is 31.1 Å². The van der Waals surface area contributed by atoms with Gasteiger partial charge in [-0.1, -0.05) is 30.7 Å². The molecule has 3 rings (SSSR count). The van der Waals surface area contributed by atoms with E-state index in [4.69, 9.17) is 16.6 Å². The Bertz CT molecular complexity index is 799. The zero-order valence-corrected chi connectivity index (χ0v) is 17.1. The van der Waals surface area contributed by atoms with Crippen molar-refractivity contribution in [3.8, 4) is 0 Å². The van der Waals surface area contributed by atoms with E-state index < -0.39 is 0 Å². The number of carbonyl (C=O) groups excluding carboxylic acids is 1. The first-order valence-electron chi connectivity index (χ1n) is 9.59. The number of aryl methyl sites for hydroxylation is 2. The molecule has 0 spiro atoms. The fraction of sp³-hybridized carbons (Fsp3) is 0.476. The van der Waals surface area contributed by atoms with E-state index in [-0.39, 0.29) is 5.91 Å². The Morgan fingerprint density at radius 3 is 2.37 bits per heavy atom. The maximum atomic E-state index is 12.2. The number of anilines is 1. The molecule has 0 aliphatic carbocycles. The highest BCUT2D eigenvalue weighted by atomic mass is 35.5. The highest BCUT2D eigenvalue weighted by molar-refractivity contribution is 6.30. The monoisotopic (exact) mass is 386 g/mol. The van der Waals surface area contributed by atoms with Crippen LogP contribution in [0.2, 0.25) is 5.02 Å². The van der Waals surface area contributed by atoms with Crippen molar-refractivity contribution >= 4 is 23.3 Å². The maximum Gasteiger partial charge on any atom is 0.222 e. The van der Waals surface area contributed by atoms with E-state index in [2.05, 4.69) is 9.88 Å². The fourth-order valence-electron chi connectivity index (χ4n) is 3.53. The first kappa shape index (κ1) is 19.6. The predicted molar refractivity (Wildman–Crippen MR) is 109 cm³/mol. The van der Waals surface area contributed by atoms with Gasteiger partial charge >= 0.3 is 0 Å². The van der Waals surface area contributed by atoms with Crippen molar-refractivity contribution in [2.45, 2.75) is 40.0 Å². The lowest BCUT2D eigenvalue weighted by molar-refractivity contribution is -0.131. The van der Waals surface area contributed by atoms with Gasteiger partial charge in [0, 0.05) is 55.3 Å². The van der Waals surface area contributed by atoms with Crippen LogP contribution < -0.4 is 4.90 Å². The topological polar surface area (TPSA) is 49.3 Å². The summed E-state index contributed by atoms with van der Waals surface area (Å²) in [5.41, 5.74) is 3.35. The summed E-state index contributed by atoms with van der Waals surface area (Å²) in [6.45, 7) is 9.14. The molecule has 0 N–H and O–H groups in total. The molecule has 2 heterocycles. The van der Waals surface area contributed by atoms with Crippen LogP contribution in [0.5, 0.6) is 0 Å². The molecular weight excluding hydrogens is 360 g/mol. The van der Waals surface area contributed by atoms with Gasteiger partial charge in [0.15, 0.2) is 0 Å². The van der Waals surface area contributed by atoms with Crippen molar-refractivity contribution in [2.24, 2.45) is 0 Å². The molecule has 1 saturated heterocycles. The summed E-state index contributed by atoms with van der Waals surface area (Å²) >= 11 is 6.02. The normalized spacial score (nSPS) is 14.5. The number of aromatic nitrogens is 2. The molecule has 1 amide bonds. The summed E-state index contributed by atoms with van der Waals surface area (Å²) in [4.78, 5) is 25.8. The predicted octanol–water partition coefficient (Wildman–Crippen LogP) is 3.79. The van der Waals surface area contributed by atoms with Gasteiger partial charge in [-0.05, 0) is 38.0 Å². The average Bonchev–Trinajstić information content (AvgIpc) is 2.65. The van der Waals surface area contributed by atoms with Crippen molar-refractivity contribution < 1.29 is 4.79 Å². The molecule has 0 saturated carbocycles. The van der Waals surface area contributed by atoms with E-state index >= 15 is 0 Å². The van der Waals surface area contributed by atoms with Crippen LogP contribution in [-0.4, -0.2) is 47.0 Å². The van der Waals surface area contributed by atoms with Gasteiger partial charge in [0.25, 0.3) is 0 Å². The number of piperazine rings is 1. The second-order valence-electron chi connectivity index (χ2n) is 7.08. The molecule has 6 heteroatoms. The van der Waals surface area contributed by atoms with E-state index in [9.17, 15) is 4.79 Å². The molecule has 1 aliphatic heterocycles. The Hall–Kier alpha value is -2.14. The van der Waals surface area contributed by atoms with Crippen molar-refractivity contribution in [1.82, 2.24) is 14.9 Å². The summed E-state index contributed by atoms with van der Waals surface area (Å²) in [7, 11) is 0. The number of carbonyl (C=O) groups is 1. The number of amides is 1. The fourth-order valence-corrected chi connectivity index (χ4v) is 3.66. The molecule has 2 aromatic rings. The molecular formula is C21H27ClN4O. The van der Waals surface area contributed by atoms with Gasteiger partial charge in [0.2, 0.25) is 5.91 Å².